The van der Waals surface area contributed by atoms with Crippen molar-refractivity contribution in [2.75, 3.05) is 74.8 Å². The third-order valence-electron chi connectivity index (χ3n) is 15.5. The molecular formula is C62H83FN6O15. The van der Waals surface area contributed by atoms with Crippen molar-refractivity contribution in [3.05, 3.63) is 101 Å². The highest BCUT2D eigenvalue weighted by Gasteiger charge is 2.45. The fraction of sp³-hybridized carbons (Fsp3) is 0.548. The van der Waals surface area contributed by atoms with Crippen molar-refractivity contribution in [1.29, 1.82) is 0 Å². The van der Waals surface area contributed by atoms with Gasteiger partial charge in [0.25, 0.3) is 11.8 Å². The maximum Gasteiger partial charge on any atom is 0.330 e. The van der Waals surface area contributed by atoms with Crippen LogP contribution < -0.4 is 19.5 Å². The van der Waals surface area contributed by atoms with Gasteiger partial charge < -0.3 is 58.4 Å². The molecule has 0 radical (unpaired) electrons. The Morgan fingerprint density at radius 1 is 0.786 bits per heavy atom. The first-order chi connectivity index (χ1) is 39.7. The van der Waals surface area contributed by atoms with Gasteiger partial charge in [-0.3, -0.25) is 33.7 Å². The summed E-state index contributed by atoms with van der Waals surface area (Å²) in [6, 6.07) is 11.7. The van der Waals surface area contributed by atoms with Gasteiger partial charge in [-0.05, 0) is 134 Å². The Morgan fingerprint density at radius 3 is 2.18 bits per heavy atom. The summed E-state index contributed by atoms with van der Waals surface area (Å²) in [7, 11) is 7.44. The van der Waals surface area contributed by atoms with Crippen LogP contribution in [0, 0.1) is 11.2 Å². The number of nitrogens with zero attached hydrogens (tertiary/aromatic N) is 5. The number of carbonyl (C=O) groups excluding carboxylic acids is 8. The predicted octanol–water partition coefficient (Wildman–Crippen LogP) is 5.51. The first-order valence-electron chi connectivity index (χ1n) is 28.5. The molecule has 5 amide bonds. The van der Waals surface area contributed by atoms with Crippen LogP contribution in [0.15, 0.2) is 78.9 Å². The number of carbonyl (C=O) groups is 8. The molecule has 2 N–H and O–H groups in total. The average Bonchev–Trinajstić information content (AvgIpc) is 3.27. The van der Waals surface area contributed by atoms with Crippen molar-refractivity contribution >= 4 is 47.3 Å². The number of hydrogen-bond donors (Lipinski definition) is 2. The number of piperidine rings is 1. The Morgan fingerprint density at radius 2 is 1.49 bits per heavy atom. The van der Waals surface area contributed by atoms with Gasteiger partial charge in [0.2, 0.25) is 23.5 Å². The molecule has 0 aromatic heterocycles. The number of aliphatic hydroxyl groups is 1. The Balaban J connectivity index is 1.34. The van der Waals surface area contributed by atoms with Gasteiger partial charge in [0.1, 0.15) is 48.6 Å². The second kappa shape index (κ2) is 29.4. The normalized spacial score (nSPS) is 25.1. The van der Waals surface area contributed by atoms with Gasteiger partial charge in [-0.25, -0.2) is 14.0 Å². The molecule has 6 rings (SSSR count). The number of hydrogen-bond acceptors (Lipinski definition) is 16. The molecule has 21 nitrogen and oxygen atoms in total. The summed E-state index contributed by atoms with van der Waals surface area (Å²) in [5.74, 6) is -5.87. The number of esters is 2. The summed E-state index contributed by atoms with van der Waals surface area (Å²) < 4.78 is 50.5. The molecule has 3 heterocycles. The molecule has 84 heavy (non-hydrogen) atoms. The van der Waals surface area contributed by atoms with E-state index in [9.17, 15) is 43.5 Å². The molecule has 0 aliphatic carbocycles. The number of rotatable bonds is 8. The van der Waals surface area contributed by atoms with Crippen LogP contribution in [-0.4, -0.2) is 188 Å². The number of fused-ring (bicyclic) bond motifs is 4. The van der Waals surface area contributed by atoms with E-state index in [0.29, 0.717) is 49.3 Å². The largest absolute Gasteiger partial charge is 0.493 e. The molecule has 22 heteroatoms. The number of Topliss-reactive ketones (excluding diaryl/α,β-unsaturated/α-hetero) is 1. The third-order valence-corrected chi connectivity index (χ3v) is 15.5. The second-order valence-electron chi connectivity index (χ2n) is 23.2. The van der Waals surface area contributed by atoms with Crippen molar-refractivity contribution in [1.82, 2.24) is 29.8 Å². The summed E-state index contributed by atoms with van der Waals surface area (Å²) in [4.78, 5) is 120. The summed E-state index contributed by atoms with van der Waals surface area (Å²) in [6.45, 7) is 9.04. The molecule has 3 aliphatic heterocycles. The minimum Gasteiger partial charge on any atom is -0.493 e. The van der Waals surface area contributed by atoms with E-state index < -0.39 is 114 Å². The minimum atomic E-state index is -1.53. The molecule has 3 aromatic rings. The van der Waals surface area contributed by atoms with Gasteiger partial charge in [0, 0.05) is 52.9 Å². The number of ether oxygens (including phenoxy) is 6. The van der Waals surface area contributed by atoms with Crippen LogP contribution in [0.25, 0.3) is 0 Å². The quantitative estimate of drug-likeness (QED) is 0.209. The second-order valence-corrected chi connectivity index (χ2v) is 23.2. The highest BCUT2D eigenvalue weighted by atomic mass is 19.1. The van der Waals surface area contributed by atoms with Crippen LogP contribution in [0.1, 0.15) is 115 Å². The lowest BCUT2D eigenvalue weighted by Gasteiger charge is -2.41. The lowest BCUT2D eigenvalue weighted by Crippen LogP contribution is -2.60. The molecule has 0 saturated carbocycles. The number of nitrogens with one attached hydrogen (secondary N) is 1. The summed E-state index contributed by atoms with van der Waals surface area (Å²) in [5, 5.41) is 15.1. The van der Waals surface area contributed by atoms with E-state index in [1.807, 2.05) is 20.8 Å². The minimum absolute atomic E-state index is 0.0479. The molecular weight excluding hydrogens is 1090 g/mol. The zero-order chi connectivity index (χ0) is 61.6. The zero-order valence-electron chi connectivity index (χ0n) is 50.2. The molecule has 3 aliphatic rings. The number of cyclic esters (lactones) is 2. The maximum absolute atomic E-state index is 15.8. The fourth-order valence-electron chi connectivity index (χ4n) is 10.2. The molecule has 0 spiro atoms. The number of benzene rings is 3. The van der Waals surface area contributed by atoms with Crippen molar-refractivity contribution in [3.8, 4) is 17.2 Å². The Kier molecular flexibility index (Phi) is 23.0. The van der Waals surface area contributed by atoms with E-state index in [1.165, 1.54) is 82.0 Å². The molecule has 1 unspecified atom stereocenters. The summed E-state index contributed by atoms with van der Waals surface area (Å²) >= 11 is 0. The molecule has 2 bridgehead atoms. The molecule has 2 saturated heterocycles. The Bertz CT molecular complexity index is 2860. The predicted molar refractivity (Wildman–Crippen MR) is 307 cm³/mol. The molecule has 458 valence electrons. The van der Waals surface area contributed by atoms with E-state index in [0.717, 1.165) is 22.6 Å². The number of halogens is 1. The lowest BCUT2D eigenvalue weighted by atomic mass is 9.87. The number of aliphatic hydroxyl groups excluding tert-OH is 1. The summed E-state index contributed by atoms with van der Waals surface area (Å²) in [6.07, 6.45) is 2.75. The number of ketones is 1. The van der Waals surface area contributed by atoms with Crippen molar-refractivity contribution in [2.45, 2.75) is 141 Å². The topological polar surface area (TPSA) is 240 Å². The Labute approximate surface area is 491 Å². The highest BCUT2D eigenvalue weighted by Crippen LogP contribution is 2.34. The van der Waals surface area contributed by atoms with Crippen LogP contribution in [0.5, 0.6) is 17.2 Å². The average molecular weight is 1170 g/mol. The van der Waals surface area contributed by atoms with Crippen LogP contribution in [-0.2, 0) is 59.0 Å². The monoisotopic (exact) mass is 1170 g/mol. The van der Waals surface area contributed by atoms with E-state index in [4.69, 9.17) is 28.4 Å². The number of aryl methyl sites for hydroxylation is 1. The van der Waals surface area contributed by atoms with E-state index in [1.54, 1.807) is 60.5 Å². The van der Waals surface area contributed by atoms with E-state index in [-0.39, 0.29) is 62.6 Å². The SMILES string of the molecule is COc1ccc(CC[C@H]2OC(=O)[C@@H]3CCCCN3C(=O)C(=O)C(C)(C)COC(=O)/C=C/CCN(C)C(=O)[C@@H]3CCCN3C(O)[C@H](COC(C)(C)C)N(C)C(=O)[C@H](c3ccccc3)NC(=O)[C@H](C)N(C)C(=O)COc3cc(F)cc2c3)cc1OC. The number of amides is 5. The van der Waals surface area contributed by atoms with Crippen molar-refractivity contribution in [3.63, 3.8) is 0 Å². The standard InChI is InChI=1S/C62H83FN6O15/c1-39-55(73)64-53(41-20-13-12-14-21-41)58(76)67(9)47(36-83-61(2,3)4)57(75)68-31-19-23-45(68)56(74)65(7)29-17-16-24-52(71)82-38-62(5,6)54(72)59(77)69-30-18-15-22-46(69)60(78)84-48(27-25-40-26-28-49(79-10)50(32-40)80-11)42-33-43(63)35-44(34-42)81-37-51(70)66(39)8/h12-14,16,20-21,24,26,28,32-35,39,45-48,53,57,75H,15,17-19,22-23,25,27,29-31,36-38H2,1-11H3,(H,64,73)/b24-16+/t39-,45-,46-,47-,48+,53-,57?/m0/s1. The van der Waals surface area contributed by atoms with Crippen LogP contribution in [0.3, 0.4) is 0 Å². The zero-order valence-corrected chi connectivity index (χ0v) is 50.2. The first kappa shape index (κ1) is 65.7. The van der Waals surface area contributed by atoms with Crippen molar-refractivity contribution < 1.29 is 76.3 Å². The van der Waals surface area contributed by atoms with Crippen LogP contribution in [0.2, 0.25) is 0 Å². The molecule has 3 aromatic carbocycles. The first-order valence-corrected chi connectivity index (χ1v) is 28.5. The smallest absolute Gasteiger partial charge is 0.330 e. The van der Waals surface area contributed by atoms with Crippen LogP contribution >= 0.6 is 0 Å². The van der Waals surface area contributed by atoms with Gasteiger partial charge in [0.15, 0.2) is 18.1 Å². The van der Waals surface area contributed by atoms with E-state index >= 15 is 4.39 Å². The molecule has 2 fully saturated rings. The third kappa shape index (κ3) is 17.1. The highest BCUT2D eigenvalue weighted by molar-refractivity contribution is 6.38. The van der Waals surface area contributed by atoms with Gasteiger partial charge in [-0.2, -0.15) is 0 Å². The Hall–Kier alpha value is -7.43. The van der Waals surface area contributed by atoms with Gasteiger partial charge in [-0.15, -0.1) is 0 Å². The maximum atomic E-state index is 15.8. The van der Waals surface area contributed by atoms with Gasteiger partial charge >= 0.3 is 11.9 Å². The summed E-state index contributed by atoms with van der Waals surface area (Å²) in [5.41, 5.74) is -0.955. The fourth-order valence-corrected chi connectivity index (χ4v) is 10.2. The number of methoxy groups -OCH3 is 2. The molecule has 7 atom stereocenters. The van der Waals surface area contributed by atoms with Gasteiger partial charge in [-0.1, -0.05) is 42.5 Å². The van der Waals surface area contributed by atoms with Crippen molar-refractivity contribution in [2.24, 2.45) is 5.41 Å². The van der Waals surface area contributed by atoms with Crippen LogP contribution in [0.4, 0.5) is 4.39 Å². The van der Waals surface area contributed by atoms with E-state index in [2.05, 4.69) is 5.32 Å². The number of likely N-dealkylation sites (N-methyl/N-ethyl adjacent to an activating group) is 3. The lowest BCUT2D eigenvalue weighted by molar-refractivity contribution is -0.165. The van der Waals surface area contributed by atoms with Gasteiger partial charge in [0.05, 0.1) is 43.9 Å².